The molecule has 0 radical (unpaired) electrons. The maximum atomic E-state index is 12.4. The summed E-state index contributed by atoms with van der Waals surface area (Å²) < 4.78 is 12.7. The van der Waals surface area contributed by atoms with E-state index in [0.29, 0.717) is 23.7 Å². The summed E-state index contributed by atoms with van der Waals surface area (Å²) in [5.41, 5.74) is 1.32. The monoisotopic (exact) mass is 523 g/mol. The van der Waals surface area contributed by atoms with E-state index < -0.39 is 0 Å². The van der Waals surface area contributed by atoms with Crippen LogP contribution in [-0.2, 0) is 0 Å². The molecule has 0 atom stereocenters. The first-order chi connectivity index (χ1) is 10.6. The number of carbonyl (C=O) groups is 1. The fourth-order valence-electron chi connectivity index (χ4n) is 1.89. The lowest BCUT2D eigenvalue weighted by atomic mass is 10.2. The van der Waals surface area contributed by atoms with Gasteiger partial charge in [-0.15, -0.1) is 0 Å². The number of nitrogens with one attached hydrogen (secondary N) is 1. The Hall–Kier alpha value is -1.03. The Bertz CT molecular complexity index is 689. The molecular weight excluding hydrogens is 508 g/mol. The summed E-state index contributed by atoms with van der Waals surface area (Å²) in [7, 11) is 1.57. The number of methoxy groups -OCH3 is 1. The standard InChI is InChI=1S/C16H15I2NO3/c1-3-22-15-12(18)8-10(9-14(15)21-2)16(20)19-13-7-5-4-6-11(13)17/h4-9H,3H2,1-2H3,(H,19,20). The predicted molar refractivity (Wildman–Crippen MR) is 104 cm³/mol. The second-order valence-electron chi connectivity index (χ2n) is 4.36. The van der Waals surface area contributed by atoms with E-state index in [1.165, 1.54) is 0 Å². The summed E-state index contributed by atoms with van der Waals surface area (Å²) in [6.45, 7) is 2.45. The zero-order valence-corrected chi connectivity index (χ0v) is 16.5. The molecule has 0 bridgehead atoms. The number of para-hydroxylation sites is 1. The van der Waals surface area contributed by atoms with Crippen LogP contribution in [0.1, 0.15) is 17.3 Å². The van der Waals surface area contributed by atoms with Crippen molar-refractivity contribution >= 4 is 56.8 Å². The third kappa shape index (κ3) is 4.03. The molecule has 0 aromatic heterocycles. The number of ether oxygens (including phenoxy) is 2. The highest BCUT2D eigenvalue weighted by molar-refractivity contribution is 14.1. The number of anilines is 1. The van der Waals surface area contributed by atoms with Crippen LogP contribution in [0.4, 0.5) is 5.69 Å². The first kappa shape index (κ1) is 17.3. The van der Waals surface area contributed by atoms with Crippen LogP contribution < -0.4 is 14.8 Å². The lowest BCUT2D eigenvalue weighted by Crippen LogP contribution is -2.13. The fourth-order valence-corrected chi connectivity index (χ4v) is 3.17. The summed E-state index contributed by atoms with van der Waals surface area (Å²) in [5.74, 6) is 1.04. The van der Waals surface area contributed by atoms with E-state index in [4.69, 9.17) is 9.47 Å². The zero-order chi connectivity index (χ0) is 16.1. The third-order valence-corrected chi connectivity index (χ3v) is 4.64. The van der Waals surface area contributed by atoms with Crippen molar-refractivity contribution in [2.24, 2.45) is 0 Å². The van der Waals surface area contributed by atoms with Gasteiger partial charge in [-0.25, -0.2) is 0 Å². The Morgan fingerprint density at radius 2 is 1.91 bits per heavy atom. The van der Waals surface area contributed by atoms with Crippen molar-refractivity contribution in [1.29, 1.82) is 0 Å². The third-order valence-electron chi connectivity index (χ3n) is 2.90. The molecule has 6 heteroatoms. The molecule has 0 aliphatic carbocycles. The fraction of sp³-hybridized carbons (Fsp3) is 0.188. The molecule has 116 valence electrons. The normalized spacial score (nSPS) is 10.2. The smallest absolute Gasteiger partial charge is 0.255 e. The van der Waals surface area contributed by atoms with E-state index in [9.17, 15) is 4.79 Å². The van der Waals surface area contributed by atoms with E-state index >= 15 is 0 Å². The first-order valence-corrected chi connectivity index (χ1v) is 8.78. The van der Waals surface area contributed by atoms with E-state index in [1.807, 2.05) is 31.2 Å². The molecule has 0 saturated carbocycles. The number of halogens is 2. The van der Waals surface area contributed by atoms with E-state index in [1.54, 1.807) is 19.2 Å². The number of hydrogen-bond donors (Lipinski definition) is 1. The van der Waals surface area contributed by atoms with Gasteiger partial charge in [0, 0.05) is 9.13 Å². The molecule has 1 amide bonds. The van der Waals surface area contributed by atoms with Crippen LogP contribution in [0.25, 0.3) is 0 Å². The van der Waals surface area contributed by atoms with Crippen molar-refractivity contribution in [2.75, 3.05) is 19.0 Å². The number of hydrogen-bond acceptors (Lipinski definition) is 3. The Labute approximate surface area is 156 Å². The summed E-state index contributed by atoms with van der Waals surface area (Å²) in [6.07, 6.45) is 0. The van der Waals surface area contributed by atoms with Gasteiger partial charge in [0.15, 0.2) is 11.5 Å². The molecule has 22 heavy (non-hydrogen) atoms. The lowest BCUT2D eigenvalue weighted by molar-refractivity contribution is 0.102. The van der Waals surface area contributed by atoms with E-state index in [-0.39, 0.29) is 5.91 Å². The van der Waals surface area contributed by atoms with Gasteiger partial charge in [0.25, 0.3) is 5.91 Å². The van der Waals surface area contributed by atoms with Crippen LogP contribution in [0.2, 0.25) is 0 Å². The van der Waals surface area contributed by atoms with Gasteiger partial charge in [0.2, 0.25) is 0 Å². The van der Waals surface area contributed by atoms with Gasteiger partial charge >= 0.3 is 0 Å². The average molecular weight is 523 g/mol. The van der Waals surface area contributed by atoms with Gasteiger partial charge in [0.1, 0.15) is 0 Å². The molecule has 0 aliphatic heterocycles. The van der Waals surface area contributed by atoms with Crippen LogP contribution in [-0.4, -0.2) is 19.6 Å². The van der Waals surface area contributed by atoms with Gasteiger partial charge in [-0.3, -0.25) is 4.79 Å². The molecule has 0 unspecified atom stereocenters. The Kier molecular flexibility index (Phi) is 6.30. The molecular formula is C16H15I2NO3. The molecule has 2 aromatic carbocycles. The Morgan fingerprint density at radius 3 is 2.55 bits per heavy atom. The minimum atomic E-state index is -0.177. The molecule has 4 nitrogen and oxygen atoms in total. The second-order valence-corrected chi connectivity index (χ2v) is 6.68. The summed E-state index contributed by atoms with van der Waals surface area (Å²) in [5, 5.41) is 2.91. The maximum absolute atomic E-state index is 12.4. The van der Waals surface area contributed by atoms with Crippen LogP contribution in [0.5, 0.6) is 11.5 Å². The van der Waals surface area contributed by atoms with Gasteiger partial charge in [-0.1, -0.05) is 12.1 Å². The van der Waals surface area contributed by atoms with Crippen molar-refractivity contribution in [2.45, 2.75) is 6.92 Å². The highest BCUT2D eigenvalue weighted by atomic mass is 127. The van der Waals surface area contributed by atoms with Crippen LogP contribution >= 0.6 is 45.2 Å². The molecule has 1 N–H and O–H groups in total. The van der Waals surface area contributed by atoms with Crippen LogP contribution in [0, 0.1) is 7.14 Å². The minimum Gasteiger partial charge on any atom is -0.493 e. The summed E-state index contributed by atoms with van der Waals surface area (Å²) >= 11 is 4.33. The van der Waals surface area contributed by atoms with Crippen molar-refractivity contribution in [1.82, 2.24) is 0 Å². The molecule has 2 rings (SSSR count). The molecule has 0 fully saturated rings. The van der Waals surface area contributed by atoms with Crippen molar-refractivity contribution in [3.05, 3.63) is 49.1 Å². The molecule has 0 aliphatic rings. The largest absolute Gasteiger partial charge is 0.493 e. The highest BCUT2D eigenvalue weighted by Gasteiger charge is 2.16. The van der Waals surface area contributed by atoms with Gasteiger partial charge in [0.05, 0.1) is 23.0 Å². The minimum absolute atomic E-state index is 0.177. The van der Waals surface area contributed by atoms with Crippen molar-refractivity contribution < 1.29 is 14.3 Å². The van der Waals surface area contributed by atoms with Crippen molar-refractivity contribution in [3.8, 4) is 11.5 Å². The molecule has 0 heterocycles. The SMILES string of the molecule is CCOc1c(I)cc(C(=O)Nc2ccccc2I)cc1OC. The lowest BCUT2D eigenvalue weighted by Gasteiger charge is -2.13. The highest BCUT2D eigenvalue weighted by Crippen LogP contribution is 2.34. The number of rotatable bonds is 5. The summed E-state index contributed by atoms with van der Waals surface area (Å²) in [6, 6.07) is 11.1. The topological polar surface area (TPSA) is 47.6 Å². The Morgan fingerprint density at radius 1 is 1.18 bits per heavy atom. The van der Waals surface area contributed by atoms with Crippen LogP contribution in [0.15, 0.2) is 36.4 Å². The van der Waals surface area contributed by atoms with E-state index in [0.717, 1.165) is 12.8 Å². The van der Waals surface area contributed by atoms with E-state index in [2.05, 4.69) is 50.5 Å². The average Bonchev–Trinajstić information content (AvgIpc) is 2.51. The summed E-state index contributed by atoms with van der Waals surface area (Å²) in [4.78, 5) is 12.4. The van der Waals surface area contributed by atoms with Gasteiger partial charge < -0.3 is 14.8 Å². The first-order valence-electron chi connectivity index (χ1n) is 6.63. The molecule has 0 saturated heterocycles. The maximum Gasteiger partial charge on any atom is 0.255 e. The number of benzene rings is 2. The zero-order valence-electron chi connectivity index (χ0n) is 12.2. The number of carbonyl (C=O) groups excluding carboxylic acids is 1. The Balaban J connectivity index is 2.30. The van der Waals surface area contributed by atoms with Gasteiger partial charge in [-0.2, -0.15) is 0 Å². The molecule has 2 aromatic rings. The van der Waals surface area contributed by atoms with Crippen LogP contribution in [0.3, 0.4) is 0 Å². The quantitative estimate of drug-likeness (QED) is 0.586. The second kappa shape index (κ2) is 8.00. The van der Waals surface area contributed by atoms with Crippen molar-refractivity contribution in [3.63, 3.8) is 0 Å². The number of amides is 1. The van der Waals surface area contributed by atoms with Gasteiger partial charge in [-0.05, 0) is 76.4 Å². The molecule has 0 spiro atoms. The predicted octanol–water partition coefficient (Wildman–Crippen LogP) is 4.56.